The second kappa shape index (κ2) is 7.34. The Balaban J connectivity index is 2.45. The third-order valence-corrected chi connectivity index (χ3v) is 3.68. The Bertz CT molecular complexity index is 250. The molecule has 4 nitrogen and oxygen atoms in total. The van der Waals surface area contributed by atoms with Crippen molar-refractivity contribution < 1.29 is 14.3 Å². The number of carbonyl (C=O) groups is 1. The predicted octanol–water partition coefficient (Wildman–Crippen LogP) is 1.67. The molecule has 1 fully saturated rings. The summed E-state index contributed by atoms with van der Waals surface area (Å²) in [7, 11) is 3.51. The molecule has 1 rings (SSSR count). The van der Waals surface area contributed by atoms with Gasteiger partial charge in [-0.1, -0.05) is 22.9 Å². The number of nitrogens with zero attached hydrogens (tertiary/aromatic N) is 1. The summed E-state index contributed by atoms with van der Waals surface area (Å²) in [6, 6.07) is 0. The first kappa shape index (κ1) is 14.9. The number of amides is 1. The average molecular weight is 308 g/mol. The number of carbonyl (C=O) groups excluding carboxylic acids is 1. The lowest BCUT2D eigenvalue weighted by molar-refractivity contribution is -0.136. The van der Waals surface area contributed by atoms with Crippen molar-refractivity contribution in [2.45, 2.75) is 30.7 Å². The highest BCUT2D eigenvalue weighted by atomic mass is 79.9. The minimum atomic E-state index is 0.0345. The number of rotatable bonds is 6. The molecule has 1 aliphatic heterocycles. The van der Waals surface area contributed by atoms with Crippen LogP contribution in [0.15, 0.2) is 0 Å². The summed E-state index contributed by atoms with van der Waals surface area (Å²) >= 11 is 3.50. The number of hydrogen-bond acceptors (Lipinski definition) is 3. The highest BCUT2D eigenvalue weighted by molar-refractivity contribution is 9.09. The smallest absolute Gasteiger partial charge is 0.228 e. The monoisotopic (exact) mass is 307 g/mol. The van der Waals surface area contributed by atoms with Crippen LogP contribution in [-0.2, 0) is 14.3 Å². The SMILES string of the molecule is CCC1OCCC1C(=O)N(C)CC(Br)COC. The molecule has 1 amide bonds. The van der Waals surface area contributed by atoms with Crippen molar-refractivity contribution in [2.75, 3.05) is 33.9 Å². The second-order valence-electron chi connectivity index (χ2n) is 4.48. The van der Waals surface area contributed by atoms with Crippen LogP contribution in [0.25, 0.3) is 0 Å². The van der Waals surface area contributed by atoms with Crippen LogP contribution in [0.2, 0.25) is 0 Å². The molecule has 0 spiro atoms. The minimum absolute atomic E-state index is 0.0345. The zero-order valence-electron chi connectivity index (χ0n) is 10.8. The second-order valence-corrected chi connectivity index (χ2v) is 5.78. The van der Waals surface area contributed by atoms with Gasteiger partial charge in [0.05, 0.1) is 23.5 Å². The highest BCUT2D eigenvalue weighted by Crippen LogP contribution is 2.25. The summed E-state index contributed by atoms with van der Waals surface area (Å²) in [4.78, 5) is 14.2. The topological polar surface area (TPSA) is 38.8 Å². The van der Waals surface area contributed by atoms with E-state index in [1.165, 1.54) is 0 Å². The molecule has 0 N–H and O–H groups in total. The average Bonchev–Trinajstić information content (AvgIpc) is 2.76. The first-order chi connectivity index (χ1) is 8.10. The number of ether oxygens (including phenoxy) is 2. The minimum Gasteiger partial charge on any atom is -0.383 e. The van der Waals surface area contributed by atoms with Gasteiger partial charge in [-0.05, 0) is 12.8 Å². The molecule has 0 bridgehead atoms. The van der Waals surface area contributed by atoms with Crippen molar-refractivity contribution in [3.8, 4) is 0 Å². The molecule has 0 radical (unpaired) electrons. The lowest BCUT2D eigenvalue weighted by Gasteiger charge is -2.25. The molecule has 0 aromatic heterocycles. The Morgan fingerprint density at radius 1 is 1.65 bits per heavy atom. The van der Waals surface area contributed by atoms with E-state index >= 15 is 0 Å². The lowest BCUT2D eigenvalue weighted by Crippen LogP contribution is -2.40. The van der Waals surface area contributed by atoms with Gasteiger partial charge in [0.1, 0.15) is 0 Å². The predicted molar refractivity (Wildman–Crippen MR) is 70.4 cm³/mol. The van der Waals surface area contributed by atoms with Crippen LogP contribution < -0.4 is 0 Å². The summed E-state index contributed by atoms with van der Waals surface area (Å²) in [6.07, 6.45) is 1.85. The zero-order valence-corrected chi connectivity index (χ0v) is 12.4. The summed E-state index contributed by atoms with van der Waals surface area (Å²) in [5.41, 5.74) is 0. The Morgan fingerprint density at radius 2 is 2.35 bits per heavy atom. The van der Waals surface area contributed by atoms with Crippen molar-refractivity contribution in [1.29, 1.82) is 0 Å². The standard InChI is InChI=1S/C12H22BrNO3/c1-4-11-10(5-6-17-11)12(15)14(2)7-9(13)8-16-3/h9-11H,4-8H2,1-3H3. The summed E-state index contributed by atoms with van der Waals surface area (Å²) < 4.78 is 10.6. The molecule has 0 aromatic carbocycles. The van der Waals surface area contributed by atoms with Crippen molar-refractivity contribution in [3.63, 3.8) is 0 Å². The first-order valence-electron chi connectivity index (χ1n) is 6.09. The summed E-state index contributed by atoms with van der Waals surface area (Å²) in [5.74, 6) is 0.224. The maximum Gasteiger partial charge on any atom is 0.228 e. The van der Waals surface area contributed by atoms with E-state index in [9.17, 15) is 4.79 Å². The molecule has 1 aliphatic rings. The zero-order chi connectivity index (χ0) is 12.8. The van der Waals surface area contributed by atoms with Gasteiger partial charge in [-0.25, -0.2) is 0 Å². The van der Waals surface area contributed by atoms with E-state index in [1.54, 1.807) is 12.0 Å². The van der Waals surface area contributed by atoms with Crippen molar-refractivity contribution in [1.82, 2.24) is 4.90 Å². The van der Waals surface area contributed by atoms with E-state index in [0.29, 0.717) is 19.8 Å². The highest BCUT2D eigenvalue weighted by Gasteiger charge is 2.34. The van der Waals surface area contributed by atoms with Crippen molar-refractivity contribution in [3.05, 3.63) is 0 Å². The molecule has 3 atom stereocenters. The van der Waals surface area contributed by atoms with E-state index in [-0.39, 0.29) is 22.8 Å². The maximum atomic E-state index is 12.2. The number of alkyl halides is 1. The summed E-state index contributed by atoms with van der Waals surface area (Å²) in [6.45, 7) is 4.04. The van der Waals surface area contributed by atoms with E-state index < -0.39 is 0 Å². The third kappa shape index (κ3) is 4.23. The quantitative estimate of drug-likeness (QED) is 0.701. The summed E-state index contributed by atoms with van der Waals surface area (Å²) in [5, 5.41) is 0. The van der Waals surface area contributed by atoms with E-state index in [0.717, 1.165) is 12.8 Å². The van der Waals surface area contributed by atoms with Gasteiger partial charge in [-0.3, -0.25) is 4.79 Å². The first-order valence-corrected chi connectivity index (χ1v) is 7.01. The van der Waals surface area contributed by atoms with Crippen LogP contribution in [0.4, 0.5) is 0 Å². The fraction of sp³-hybridized carbons (Fsp3) is 0.917. The molecule has 0 aliphatic carbocycles. The maximum absolute atomic E-state index is 12.2. The molecule has 3 unspecified atom stereocenters. The van der Waals surface area contributed by atoms with E-state index in [1.807, 2.05) is 7.05 Å². The Labute approximate surface area is 112 Å². The molecular weight excluding hydrogens is 286 g/mol. The molecule has 5 heteroatoms. The number of hydrogen-bond donors (Lipinski definition) is 0. The van der Waals surface area contributed by atoms with Gasteiger partial charge < -0.3 is 14.4 Å². The van der Waals surface area contributed by atoms with Crippen LogP contribution in [0.3, 0.4) is 0 Å². The van der Waals surface area contributed by atoms with Crippen molar-refractivity contribution in [2.24, 2.45) is 5.92 Å². The third-order valence-electron chi connectivity index (χ3n) is 3.12. The molecule has 1 saturated heterocycles. The molecule has 17 heavy (non-hydrogen) atoms. The van der Waals surface area contributed by atoms with Crippen LogP contribution in [0.1, 0.15) is 19.8 Å². The van der Waals surface area contributed by atoms with Gasteiger partial charge in [0.25, 0.3) is 0 Å². The fourth-order valence-corrected chi connectivity index (χ4v) is 2.94. The molecule has 100 valence electrons. The number of halogens is 1. The molecule has 0 saturated carbocycles. The van der Waals surface area contributed by atoms with Gasteiger partial charge in [0.2, 0.25) is 5.91 Å². The van der Waals surface area contributed by atoms with Crippen LogP contribution >= 0.6 is 15.9 Å². The lowest BCUT2D eigenvalue weighted by atomic mass is 9.98. The molecule has 1 heterocycles. The largest absolute Gasteiger partial charge is 0.383 e. The fourth-order valence-electron chi connectivity index (χ4n) is 2.24. The van der Waals surface area contributed by atoms with Crippen molar-refractivity contribution >= 4 is 21.8 Å². The number of methoxy groups -OCH3 is 1. The Kier molecular flexibility index (Phi) is 6.44. The van der Waals surface area contributed by atoms with E-state index in [2.05, 4.69) is 22.9 Å². The Morgan fingerprint density at radius 3 is 2.94 bits per heavy atom. The Hall–Kier alpha value is -0.130. The van der Waals surface area contributed by atoms with Crippen LogP contribution in [0, 0.1) is 5.92 Å². The van der Waals surface area contributed by atoms with E-state index in [4.69, 9.17) is 9.47 Å². The normalized spacial score (nSPS) is 25.9. The van der Waals surface area contributed by atoms with Gasteiger partial charge >= 0.3 is 0 Å². The van der Waals surface area contributed by atoms with Gasteiger partial charge in [-0.2, -0.15) is 0 Å². The van der Waals surface area contributed by atoms with Gasteiger partial charge in [0, 0.05) is 27.3 Å². The van der Waals surface area contributed by atoms with Crippen LogP contribution in [0.5, 0.6) is 0 Å². The molecular formula is C12H22BrNO3. The van der Waals surface area contributed by atoms with Gasteiger partial charge in [-0.15, -0.1) is 0 Å². The van der Waals surface area contributed by atoms with Crippen LogP contribution in [-0.4, -0.2) is 55.7 Å². The molecule has 0 aromatic rings. The van der Waals surface area contributed by atoms with Gasteiger partial charge in [0.15, 0.2) is 0 Å².